The average molecular weight is 233 g/mol. The molecular weight excluding hydrogens is 210 g/mol. The van der Waals surface area contributed by atoms with Crippen LogP contribution in [0.2, 0.25) is 0 Å². The fourth-order valence-corrected chi connectivity index (χ4v) is 2.77. The van der Waals surface area contributed by atoms with Crippen molar-refractivity contribution in [3.63, 3.8) is 0 Å². The molecule has 0 heterocycles. The molecule has 0 spiro atoms. The topological polar surface area (TPSA) is 32.3 Å². The summed E-state index contributed by atoms with van der Waals surface area (Å²) in [5.41, 5.74) is 1.30. The fourth-order valence-electron chi connectivity index (χ4n) is 2.77. The first-order valence-corrected chi connectivity index (χ1v) is 6.68. The van der Waals surface area contributed by atoms with Gasteiger partial charge in [-0.3, -0.25) is 0 Å². The minimum absolute atomic E-state index is 0.202. The molecule has 2 heteroatoms. The average Bonchev–Trinajstić information content (AvgIpc) is 2.75. The van der Waals surface area contributed by atoms with Crippen LogP contribution < -0.4 is 5.32 Å². The Balaban J connectivity index is 1.85. The van der Waals surface area contributed by atoms with Crippen LogP contribution in [-0.2, 0) is 6.42 Å². The van der Waals surface area contributed by atoms with Crippen molar-refractivity contribution in [2.75, 3.05) is 6.61 Å². The van der Waals surface area contributed by atoms with Gasteiger partial charge in [-0.15, -0.1) is 0 Å². The lowest BCUT2D eigenvalue weighted by Crippen LogP contribution is -2.40. The summed E-state index contributed by atoms with van der Waals surface area (Å²) in [6, 6.07) is 11.2. The van der Waals surface area contributed by atoms with Crippen LogP contribution in [0.25, 0.3) is 0 Å². The lowest BCUT2D eigenvalue weighted by Gasteiger charge is -2.21. The molecule has 0 saturated heterocycles. The second-order valence-electron chi connectivity index (χ2n) is 5.35. The third-order valence-electron chi connectivity index (χ3n) is 3.71. The van der Waals surface area contributed by atoms with Crippen molar-refractivity contribution in [2.24, 2.45) is 5.92 Å². The molecule has 0 amide bonds. The Labute approximate surface area is 104 Å². The van der Waals surface area contributed by atoms with Gasteiger partial charge in [0.25, 0.3) is 0 Å². The highest BCUT2D eigenvalue weighted by Crippen LogP contribution is 2.25. The molecule has 2 nitrogen and oxygen atoms in total. The van der Waals surface area contributed by atoms with Crippen molar-refractivity contribution in [1.29, 1.82) is 0 Å². The summed E-state index contributed by atoms with van der Waals surface area (Å²) >= 11 is 0. The van der Waals surface area contributed by atoms with Gasteiger partial charge in [-0.2, -0.15) is 0 Å². The summed E-state index contributed by atoms with van der Waals surface area (Å²) in [6.07, 6.45) is 4.75. The van der Waals surface area contributed by atoms with Crippen LogP contribution in [0.1, 0.15) is 31.7 Å². The van der Waals surface area contributed by atoms with Gasteiger partial charge < -0.3 is 10.4 Å². The molecule has 1 aliphatic rings. The van der Waals surface area contributed by atoms with Gasteiger partial charge in [-0.05, 0) is 37.2 Å². The summed E-state index contributed by atoms with van der Waals surface area (Å²) in [4.78, 5) is 0. The SMILES string of the molecule is CC1CCC(N[C@@H](CO)Cc2ccccc2)C1. The quantitative estimate of drug-likeness (QED) is 0.818. The number of nitrogens with one attached hydrogen (secondary N) is 1. The van der Waals surface area contributed by atoms with Crippen LogP contribution in [-0.4, -0.2) is 23.8 Å². The van der Waals surface area contributed by atoms with E-state index in [1.165, 1.54) is 24.8 Å². The van der Waals surface area contributed by atoms with E-state index in [9.17, 15) is 5.11 Å². The largest absolute Gasteiger partial charge is 0.395 e. The van der Waals surface area contributed by atoms with Crippen LogP contribution in [0.4, 0.5) is 0 Å². The highest BCUT2D eigenvalue weighted by atomic mass is 16.3. The van der Waals surface area contributed by atoms with Crippen LogP contribution >= 0.6 is 0 Å². The van der Waals surface area contributed by atoms with E-state index >= 15 is 0 Å². The van der Waals surface area contributed by atoms with E-state index in [2.05, 4.69) is 36.5 Å². The maximum Gasteiger partial charge on any atom is 0.0587 e. The number of aliphatic hydroxyl groups excluding tert-OH is 1. The van der Waals surface area contributed by atoms with Gasteiger partial charge in [0.15, 0.2) is 0 Å². The highest BCUT2D eigenvalue weighted by molar-refractivity contribution is 5.16. The van der Waals surface area contributed by atoms with Gasteiger partial charge >= 0.3 is 0 Å². The minimum atomic E-state index is 0.202. The summed E-state index contributed by atoms with van der Waals surface area (Å²) in [6.45, 7) is 2.53. The van der Waals surface area contributed by atoms with Crippen LogP contribution in [0.3, 0.4) is 0 Å². The molecule has 1 fully saturated rings. The molecule has 17 heavy (non-hydrogen) atoms. The standard InChI is InChI=1S/C15H23NO/c1-12-7-8-14(9-12)16-15(11-17)10-13-5-3-2-4-6-13/h2-6,12,14-17H,7-11H2,1H3/t12?,14?,15-/m1/s1. The summed E-state index contributed by atoms with van der Waals surface area (Å²) < 4.78 is 0. The predicted molar refractivity (Wildman–Crippen MR) is 71.0 cm³/mol. The number of benzene rings is 1. The van der Waals surface area contributed by atoms with E-state index in [1.807, 2.05) is 6.07 Å². The molecule has 3 atom stereocenters. The lowest BCUT2D eigenvalue weighted by atomic mass is 10.0. The van der Waals surface area contributed by atoms with Crippen molar-refractivity contribution in [3.8, 4) is 0 Å². The summed E-state index contributed by atoms with van der Waals surface area (Å²) in [5, 5.41) is 13.0. The van der Waals surface area contributed by atoms with Crippen molar-refractivity contribution < 1.29 is 5.11 Å². The molecule has 0 aromatic heterocycles. The number of aliphatic hydroxyl groups is 1. The zero-order valence-electron chi connectivity index (χ0n) is 10.6. The zero-order chi connectivity index (χ0) is 12.1. The maximum absolute atomic E-state index is 9.45. The van der Waals surface area contributed by atoms with E-state index in [4.69, 9.17) is 0 Å². The Bertz CT molecular complexity index is 325. The molecule has 1 aromatic carbocycles. The molecule has 0 bridgehead atoms. The highest BCUT2D eigenvalue weighted by Gasteiger charge is 2.23. The van der Waals surface area contributed by atoms with Gasteiger partial charge in [-0.25, -0.2) is 0 Å². The van der Waals surface area contributed by atoms with Crippen molar-refractivity contribution in [1.82, 2.24) is 5.32 Å². The van der Waals surface area contributed by atoms with E-state index in [-0.39, 0.29) is 12.6 Å². The van der Waals surface area contributed by atoms with Crippen molar-refractivity contribution in [2.45, 2.75) is 44.7 Å². The first-order chi connectivity index (χ1) is 8.28. The molecule has 2 unspecified atom stereocenters. The fraction of sp³-hybridized carbons (Fsp3) is 0.600. The molecule has 2 N–H and O–H groups in total. The first-order valence-electron chi connectivity index (χ1n) is 6.68. The Kier molecular flexibility index (Phi) is 4.57. The Morgan fingerprint density at radius 3 is 2.65 bits per heavy atom. The van der Waals surface area contributed by atoms with Crippen LogP contribution in [0.15, 0.2) is 30.3 Å². The number of hydrogen-bond acceptors (Lipinski definition) is 2. The molecule has 94 valence electrons. The normalized spacial score (nSPS) is 26.0. The summed E-state index contributed by atoms with van der Waals surface area (Å²) in [7, 11) is 0. The summed E-state index contributed by atoms with van der Waals surface area (Å²) in [5.74, 6) is 0.837. The predicted octanol–water partition coefficient (Wildman–Crippen LogP) is 2.37. The smallest absolute Gasteiger partial charge is 0.0587 e. The van der Waals surface area contributed by atoms with E-state index in [0.29, 0.717) is 6.04 Å². The molecular formula is C15H23NO. The second-order valence-corrected chi connectivity index (χ2v) is 5.35. The van der Waals surface area contributed by atoms with Gasteiger partial charge in [-0.1, -0.05) is 37.3 Å². The van der Waals surface area contributed by atoms with Gasteiger partial charge in [0, 0.05) is 12.1 Å². The van der Waals surface area contributed by atoms with Crippen LogP contribution in [0, 0.1) is 5.92 Å². The third kappa shape index (κ3) is 3.83. The number of rotatable bonds is 5. The van der Waals surface area contributed by atoms with Gasteiger partial charge in [0.1, 0.15) is 0 Å². The first kappa shape index (κ1) is 12.6. The van der Waals surface area contributed by atoms with Crippen molar-refractivity contribution >= 4 is 0 Å². The van der Waals surface area contributed by atoms with E-state index in [1.54, 1.807) is 0 Å². The molecule has 1 aliphatic carbocycles. The number of hydrogen-bond donors (Lipinski definition) is 2. The minimum Gasteiger partial charge on any atom is -0.395 e. The Morgan fingerprint density at radius 1 is 1.29 bits per heavy atom. The lowest BCUT2D eigenvalue weighted by molar-refractivity contribution is 0.229. The Morgan fingerprint density at radius 2 is 2.06 bits per heavy atom. The van der Waals surface area contributed by atoms with Crippen molar-refractivity contribution in [3.05, 3.63) is 35.9 Å². The molecule has 2 rings (SSSR count). The molecule has 0 radical (unpaired) electrons. The van der Waals surface area contributed by atoms with Gasteiger partial charge in [0.2, 0.25) is 0 Å². The van der Waals surface area contributed by atoms with Crippen LogP contribution in [0.5, 0.6) is 0 Å². The second kappa shape index (κ2) is 6.18. The third-order valence-corrected chi connectivity index (χ3v) is 3.71. The monoisotopic (exact) mass is 233 g/mol. The molecule has 1 saturated carbocycles. The Hall–Kier alpha value is -0.860. The maximum atomic E-state index is 9.45. The van der Waals surface area contributed by atoms with E-state index < -0.39 is 0 Å². The zero-order valence-corrected chi connectivity index (χ0v) is 10.6. The van der Waals surface area contributed by atoms with E-state index in [0.717, 1.165) is 12.3 Å². The molecule has 0 aliphatic heterocycles. The molecule has 1 aromatic rings. The van der Waals surface area contributed by atoms with Gasteiger partial charge in [0.05, 0.1) is 6.61 Å².